The summed E-state index contributed by atoms with van der Waals surface area (Å²) < 4.78 is 9.88. The van der Waals surface area contributed by atoms with Gasteiger partial charge in [-0.2, -0.15) is 0 Å². The molecule has 0 spiro atoms. The SMILES string of the molecule is CCCCCCCCCOP([O-])(=S)OCC. The van der Waals surface area contributed by atoms with Gasteiger partial charge in [0.15, 0.2) is 0 Å². The molecule has 0 N–H and O–H groups in total. The van der Waals surface area contributed by atoms with Gasteiger partial charge >= 0.3 is 0 Å². The van der Waals surface area contributed by atoms with Crippen LogP contribution in [0.1, 0.15) is 58.8 Å². The Morgan fingerprint density at radius 2 is 1.50 bits per heavy atom. The number of hydrogen-bond acceptors (Lipinski definition) is 4. The zero-order valence-electron chi connectivity index (χ0n) is 10.4. The molecule has 1 atom stereocenters. The van der Waals surface area contributed by atoms with Crippen molar-refractivity contribution in [3.63, 3.8) is 0 Å². The maximum atomic E-state index is 11.4. The first-order chi connectivity index (χ1) is 7.62. The van der Waals surface area contributed by atoms with Crippen LogP contribution in [0, 0.1) is 0 Å². The van der Waals surface area contributed by atoms with Gasteiger partial charge in [-0.15, -0.1) is 0 Å². The van der Waals surface area contributed by atoms with Crippen molar-refractivity contribution in [1.29, 1.82) is 0 Å². The summed E-state index contributed by atoms with van der Waals surface area (Å²) in [5.41, 5.74) is 0. The molecule has 0 amide bonds. The average Bonchev–Trinajstić information content (AvgIpc) is 2.22. The molecule has 0 rings (SSSR count). The molecule has 0 aliphatic carbocycles. The minimum atomic E-state index is -3.18. The third-order valence-electron chi connectivity index (χ3n) is 2.28. The Hall–Kier alpha value is 0.530. The topological polar surface area (TPSA) is 41.5 Å². The highest BCUT2D eigenvalue weighted by atomic mass is 32.5. The van der Waals surface area contributed by atoms with E-state index in [1.807, 2.05) is 0 Å². The Labute approximate surface area is 105 Å². The molecule has 0 aromatic carbocycles. The van der Waals surface area contributed by atoms with Crippen molar-refractivity contribution in [2.45, 2.75) is 58.8 Å². The molecule has 16 heavy (non-hydrogen) atoms. The predicted octanol–water partition coefficient (Wildman–Crippen LogP) is 3.37. The molecule has 0 saturated carbocycles. The van der Waals surface area contributed by atoms with E-state index in [1.165, 1.54) is 32.1 Å². The fourth-order valence-corrected chi connectivity index (χ4v) is 2.71. The van der Waals surface area contributed by atoms with E-state index in [2.05, 4.69) is 18.7 Å². The van der Waals surface area contributed by atoms with Crippen molar-refractivity contribution in [1.82, 2.24) is 0 Å². The quantitative estimate of drug-likeness (QED) is 0.425. The van der Waals surface area contributed by atoms with Gasteiger partial charge in [0.1, 0.15) is 6.72 Å². The summed E-state index contributed by atoms with van der Waals surface area (Å²) in [6.45, 7) is 1.59. The van der Waals surface area contributed by atoms with Crippen LogP contribution in [0.15, 0.2) is 0 Å². The summed E-state index contributed by atoms with van der Waals surface area (Å²) >= 11 is 4.69. The average molecular weight is 267 g/mol. The minimum Gasteiger partial charge on any atom is -0.780 e. The fourth-order valence-electron chi connectivity index (χ4n) is 1.43. The van der Waals surface area contributed by atoms with Crippen LogP contribution >= 0.6 is 6.72 Å². The molecule has 0 aliphatic rings. The highest BCUT2D eigenvalue weighted by Crippen LogP contribution is 2.38. The van der Waals surface area contributed by atoms with E-state index in [4.69, 9.17) is 9.05 Å². The number of unbranched alkanes of at least 4 members (excludes halogenated alkanes) is 6. The van der Waals surface area contributed by atoms with E-state index in [0.717, 1.165) is 12.8 Å². The number of hydrogen-bond donors (Lipinski definition) is 0. The smallest absolute Gasteiger partial charge is 0.115 e. The van der Waals surface area contributed by atoms with E-state index in [0.29, 0.717) is 13.2 Å². The molecule has 0 aliphatic heterocycles. The van der Waals surface area contributed by atoms with Crippen LogP contribution < -0.4 is 4.89 Å². The lowest BCUT2D eigenvalue weighted by Gasteiger charge is -2.26. The van der Waals surface area contributed by atoms with E-state index in [1.54, 1.807) is 6.92 Å². The summed E-state index contributed by atoms with van der Waals surface area (Å²) in [5, 5.41) is 0. The summed E-state index contributed by atoms with van der Waals surface area (Å²) in [5.74, 6) is 0. The Kier molecular flexibility index (Phi) is 11.0. The normalized spacial score (nSPS) is 14.9. The van der Waals surface area contributed by atoms with E-state index < -0.39 is 6.72 Å². The van der Waals surface area contributed by atoms with Gasteiger partial charge in [-0.05, 0) is 13.3 Å². The maximum absolute atomic E-state index is 11.4. The van der Waals surface area contributed by atoms with E-state index in [-0.39, 0.29) is 0 Å². The van der Waals surface area contributed by atoms with E-state index >= 15 is 0 Å². The van der Waals surface area contributed by atoms with Crippen LogP contribution in [0.3, 0.4) is 0 Å². The van der Waals surface area contributed by atoms with Gasteiger partial charge < -0.3 is 13.9 Å². The zero-order valence-corrected chi connectivity index (χ0v) is 12.2. The Bertz CT molecular complexity index is 200. The summed E-state index contributed by atoms with van der Waals surface area (Å²) in [6, 6.07) is 0. The largest absolute Gasteiger partial charge is 0.780 e. The van der Waals surface area contributed by atoms with Crippen LogP contribution in [0.2, 0.25) is 0 Å². The van der Waals surface area contributed by atoms with Gasteiger partial charge in [-0.25, -0.2) is 0 Å². The first kappa shape index (κ1) is 16.5. The fraction of sp³-hybridized carbons (Fsp3) is 1.00. The lowest BCUT2D eigenvalue weighted by molar-refractivity contribution is -0.206. The molecular formula is C11H24O3PS-. The van der Waals surface area contributed by atoms with E-state index in [9.17, 15) is 4.89 Å². The lowest BCUT2D eigenvalue weighted by atomic mass is 10.1. The Morgan fingerprint density at radius 1 is 0.938 bits per heavy atom. The van der Waals surface area contributed by atoms with Crippen LogP contribution in [0.25, 0.3) is 0 Å². The summed E-state index contributed by atoms with van der Waals surface area (Å²) in [7, 11) is 0. The summed E-state index contributed by atoms with van der Waals surface area (Å²) in [6.07, 6.45) is 8.45. The molecule has 0 fully saturated rings. The highest BCUT2D eigenvalue weighted by Gasteiger charge is 2.01. The second kappa shape index (κ2) is 10.7. The molecule has 0 aromatic heterocycles. The van der Waals surface area contributed by atoms with Gasteiger partial charge in [-0.3, -0.25) is 0 Å². The lowest BCUT2D eigenvalue weighted by Crippen LogP contribution is -2.08. The van der Waals surface area contributed by atoms with Crippen LogP contribution in [0.5, 0.6) is 0 Å². The van der Waals surface area contributed by atoms with Gasteiger partial charge in [0.25, 0.3) is 0 Å². The second-order valence-corrected chi connectivity index (χ2v) is 6.57. The molecule has 0 radical (unpaired) electrons. The molecule has 0 aromatic rings. The van der Waals surface area contributed by atoms with Crippen molar-refractivity contribution in [2.24, 2.45) is 0 Å². The first-order valence-electron chi connectivity index (χ1n) is 6.22. The van der Waals surface area contributed by atoms with Crippen LogP contribution in [-0.2, 0) is 20.9 Å². The Balaban J connectivity index is 3.23. The van der Waals surface area contributed by atoms with Crippen molar-refractivity contribution in [3.8, 4) is 0 Å². The third-order valence-corrected chi connectivity index (χ3v) is 3.99. The molecule has 1 unspecified atom stereocenters. The standard InChI is InChI=1S/C11H25O3PS/c1-3-5-6-7-8-9-10-11-14-15(12,16)13-4-2/h3-11H2,1-2H3,(H,12,16)/p-1. The molecule has 3 nitrogen and oxygen atoms in total. The maximum Gasteiger partial charge on any atom is 0.115 e. The van der Waals surface area contributed by atoms with Crippen molar-refractivity contribution in [2.75, 3.05) is 13.2 Å². The summed E-state index contributed by atoms with van der Waals surface area (Å²) in [4.78, 5) is 11.4. The predicted molar refractivity (Wildman–Crippen MR) is 69.9 cm³/mol. The van der Waals surface area contributed by atoms with Gasteiger partial charge in [0, 0.05) is 0 Å². The van der Waals surface area contributed by atoms with Crippen molar-refractivity contribution < 1.29 is 13.9 Å². The van der Waals surface area contributed by atoms with Gasteiger partial charge in [0.2, 0.25) is 0 Å². The van der Waals surface area contributed by atoms with Gasteiger partial charge in [-0.1, -0.05) is 57.3 Å². The Morgan fingerprint density at radius 3 is 2.06 bits per heavy atom. The zero-order chi connectivity index (χ0) is 12.3. The molecule has 0 bridgehead atoms. The molecular weight excluding hydrogens is 243 g/mol. The van der Waals surface area contributed by atoms with Gasteiger partial charge in [0.05, 0.1) is 13.2 Å². The van der Waals surface area contributed by atoms with Crippen LogP contribution in [-0.4, -0.2) is 13.2 Å². The van der Waals surface area contributed by atoms with Crippen molar-refractivity contribution in [3.05, 3.63) is 0 Å². The highest BCUT2D eigenvalue weighted by molar-refractivity contribution is 8.06. The second-order valence-electron chi connectivity index (χ2n) is 3.82. The first-order valence-corrected chi connectivity index (χ1v) is 8.78. The minimum absolute atomic E-state index is 0.345. The monoisotopic (exact) mass is 267 g/mol. The molecule has 98 valence electrons. The molecule has 0 heterocycles. The molecule has 5 heteroatoms. The number of rotatable bonds is 11. The molecule has 0 saturated heterocycles. The van der Waals surface area contributed by atoms with Crippen LogP contribution in [0.4, 0.5) is 0 Å². The van der Waals surface area contributed by atoms with Crippen molar-refractivity contribution >= 4 is 18.5 Å². The third kappa shape index (κ3) is 11.0.